The summed E-state index contributed by atoms with van der Waals surface area (Å²) in [5.41, 5.74) is -0.605. The minimum absolute atomic E-state index is 0.0675. The fourth-order valence-corrected chi connectivity index (χ4v) is 3.93. The van der Waals surface area contributed by atoms with E-state index in [1.165, 1.54) is 30.5 Å². The number of hydrogen-bond acceptors (Lipinski definition) is 4. The lowest BCUT2D eigenvalue weighted by Crippen LogP contribution is -2.45. The van der Waals surface area contributed by atoms with Crippen LogP contribution >= 0.6 is 0 Å². The molecule has 1 amide bonds. The van der Waals surface area contributed by atoms with Crippen molar-refractivity contribution >= 4 is 11.7 Å². The zero-order valence-electron chi connectivity index (χ0n) is 15.2. The molecule has 0 radical (unpaired) electrons. The molecule has 7 heteroatoms. The first-order valence-corrected chi connectivity index (χ1v) is 9.30. The summed E-state index contributed by atoms with van der Waals surface area (Å²) in [5, 5.41) is 0. The molecule has 1 aromatic heterocycles. The number of rotatable bonds is 2. The van der Waals surface area contributed by atoms with Crippen molar-refractivity contribution in [3.8, 4) is 0 Å². The molecule has 0 aromatic carbocycles. The Morgan fingerprint density at radius 1 is 0.920 bits per heavy atom. The zero-order chi connectivity index (χ0) is 18.0. The van der Waals surface area contributed by atoms with Gasteiger partial charge in [-0.25, -0.2) is 4.79 Å². The van der Waals surface area contributed by atoms with Gasteiger partial charge in [0.2, 0.25) is 5.91 Å². The maximum atomic E-state index is 12.8. The Labute approximate surface area is 147 Å². The summed E-state index contributed by atoms with van der Waals surface area (Å²) in [6.45, 7) is 3.18. The Hall–Kier alpha value is -2.05. The molecule has 2 aliphatic heterocycles. The van der Waals surface area contributed by atoms with Crippen molar-refractivity contribution in [2.75, 3.05) is 31.1 Å². The summed E-state index contributed by atoms with van der Waals surface area (Å²) < 4.78 is 2.62. The normalized spacial score (nSPS) is 19.8. The van der Waals surface area contributed by atoms with Crippen molar-refractivity contribution < 1.29 is 4.79 Å². The first-order chi connectivity index (χ1) is 12.0. The van der Waals surface area contributed by atoms with E-state index in [2.05, 4.69) is 4.90 Å². The molecule has 0 spiro atoms. The number of anilines is 1. The van der Waals surface area contributed by atoms with Crippen molar-refractivity contribution in [2.24, 2.45) is 20.0 Å². The Morgan fingerprint density at radius 3 is 2.12 bits per heavy atom. The molecule has 0 unspecified atom stereocenters. The summed E-state index contributed by atoms with van der Waals surface area (Å²) >= 11 is 0. The SMILES string of the molecule is Cn1c(N2CCC(C(=O)N3CCCCCC3)CC2)cc(=O)n(C)c1=O. The highest BCUT2D eigenvalue weighted by molar-refractivity contribution is 5.79. The highest BCUT2D eigenvalue weighted by Crippen LogP contribution is 2.24. The number of nitrogens with zero attached hydrogens (tertiary/aromatic N) is 4. The molecule has 2 saturated heterocycles. The number of carbonyl (C=O) groups excluding carboxylic acids is 1. The summed E-state index contributed by atoms with van der Waals surface area (Å²) in [6, 6.07) is 1.51. The topological polar surface area (TPSA) is 67.6 Å². The van der Waals surface area contributed by atoms with E-state index in [9.17, 15) is 14.4 Å². The van der Waals surface area contributed by atoms with Crippen LogP contribution in [-0.4, -0.2) is 46.1 Å². The molecule has 25 heavy (non-hydrogen) atoms. The third-order valence-corrected chi connectivity index (χ3v) is 5.59. The van der Waals surface area contributed by atoms with E-state index < -0.39 is 0 Å². The van der Waals surface area contributed by atoms with Crippen LogP contribution in [-0.2, 0) is 18.9 Å². The second-order valence-corrected chi connectivity index (χ2v) is 7.24. The van der Waals surface area contributed by atoms with E-state index in [4.69, 9.17) is 0 Å². The molecule has 1 aromatic rings. The van der Waals surface area contributed by atoms with E-state index in [1.54, 1.807) is 7.05 Å². The Bertz CT molecular complexity index is 736. The van der Waals surface area contributed by atoms with E-state index in [1.807, 2.05) is 4.90 Å². The molecule has 7 nitrogen and oxygen atoms in total. The fourth-order valence-electron chi connectivity index (χ4n) is 3.93. The van der Waals surface area contributed by atoms with Crippen LogP contribution in [0.2, 0.25) is 0 Å². The van der Waals surface area contributed by atoms with Gasteiger partial charge in [-0.2, -0.15) is 0 Å². The molecule has 0 saturated carbocycles. The van der Waals surface area contributed by atoms with Crippen LogP contribution in [0.1, 0.15) is 38.5 Å². The van der Waals surface area contributed by atoms with E-state index in [-0.39, 0.29) is 17.2 Å². The van der Waals surface area contributed by atoms with Gasteiger partial charge in [0.15, 0.2) is 0 Å². The minimum atomic E-state index is -0.315. The molecule has 2 aliphatic rings. The standard InChI is InChI=1S/C18H28N4O3/c1-19-15(13-16(23)20(2)18(19)25)21-11-7-14(8-12-21)17(24)22-9-5-3-4-6-10-22/h13-14H,3-12H2,1-2H3. The average Bonchev–Trinajstić information content (AvgIpc) is 2.92. The van der Waals surface area contributed by atoms with E-state index >= 15 is 0 Å². The number of carbonyl (C=O) groups is 1. The zero-order valence-corrected chi connectivity index (χ0v) is 15.2. The predicted molar refractivity (Wildman–Crippen MR) is 96.9 cm³/mol. The van der Waals surface area contributed by atoms with Crippen LogP contribution < -0.4 is 16.1 Å². The molecule has 0 N–H and O–H groups in total. The van der Waals surface area contributed by atoms with Crippen molar-refractivity contribution in [3.05, 3.63) is 26.9 Å². The smallest absolute Gasteiger partial charge is 0.332 e. The molecule has 0 aliphatic carbocycles. The predicted octanol–water partition coefficient (Wildman–Crippen LogP) is 0.703. The largest absolute Gasteiger partial charge is 0.358 e. The number of likely N-dealkylation sites (tertiary alicyclic amines) is 1. The average molecular weight is 348 g/mol. The monoisotopic (exact) mass is 348 g/mol. The second-order valence-electron chi connectivity index (χ2n) is 7.24. The lowest BCUT2D eigenvalue weighted by atomic mass is 9.95. The van der Waals surface area contributed by atoms with Crippen LogP contribution in [0.4, 0.5) is 5.82 Å². The van der Waals surface area contributed by atoms with E-state index in [0.29, 0.717) is 24.8 Å². The molecule has 0 atom stereocenters. The van der Waals surface area contributed by atoms with Gasteiger partial charge in [-0.1, -0.05) is 12.8 Å². The number of amides is 1. The maximum Gasteiger partial charge on any atom is 0.332 e. The number of hydrogen-bond donors (Lipinski definition) is 0. The number of piperidine rings is 1. The minimum Gasteiger partial charge on any atom is -0.358 e. The Kier molecular flexibility index (Phi) is 5.30. The molecular weight excluding hydrogens is 320 g/mol. The third-order valence-electron chi connectivity index (χ3n) is 5.59. The van der Waals surface area contributed by atoms with Crippen LogP contribution in [0.3, 0.4) is 0 Å². The summed E-state index contributed by atoms with van der Waals surface area (Å²) in [5.74, 6) is 1.01. The molecular formula is C18H28N4O3. The van der Waals surface area contributed by atoms with Crippen LogP contribution in [0.5, 0.6) is 0 Å². The third kappa shape index (κ3) is 3.65. The molecule has 2 fully saturated rings. The van der Waals surface area contributed by atoms with Gasteiger partial charge >= 0.3 is 5.69 Å². The lowest BCUT2D eigenvalue weighted by molar-refractivity contribution is -0.136. The summed E-state index contributed by atoms with van der Waals surface area (Å²) in [7, 11) is 3.17. The highest BCUT2D eigenvalue weighted by atomic mass is 16.2. The van der Waals surface area contributed by atoms with Crippen molar-refractivity contribution in [3.63, 3.8) is 0 Å². The lowest BCUT2D eigenvalue weighted by Gasteiger charge is -2.35. The van der Waals surface area contributed by atoms with Crippen molar-refractivity contribution in [1.82, 2.24) is 14.0 Å². The van der Waals surface area contributed by atoms with Gasteiger partial charge in [-0.15, -0.1) is 0 Å². The summed E-state index contributed by atoms with van der Waals surface area (Å²) in [6.07, 6.45) is 6.22. The first-order valence-electron chi connectivity index (χ1n) is 9.30. The Morgan fingerprint density at radius 2 is 1.52 bits per heavy atom. The quantitative estimate of drug-likeness (QED) is 0.789. The van der Waals surface area contributed by atoms with Gasteiger partial charge in [-0.3, -0.25) is 18.7 Å². The number of aromatic nitrogens is 2. The van der Waals surface area contributed by atoms with Gasteiger partial charge in [0.25, 0.3) is 5.56 Å². The highest BCUT2D eigenvalue weighted by Gasteiger charge is 2.29. The van der Waals surface area contributed by atoms with Gasteiger partial charge in [0, 0.05) is 52.3 Å². The van der Waals surface area contributed by atoms with Gasteiger partial charge in [0.1, 0.15) is 5.82 Å². The van der Waals surface area contributed by atoms with E-state index in [0.717, 1.165) is 43.3 Å². The van der Waals surface area contributed by atoms with Crippen LogP contribution in [0.15, 0.2) is 15.7 Å². The van der Waals surface area contributed by atoms with Crippen LogP contribution in [0, 0.1) is 5.92 Å². The van der Waals surface area contributed by atoms with Gasteiger partial charge in [0.05, 0.1) is 0 Å². The van der Waals surface area contributed by atoms with Crippen molar-refractivity contribution in [2.45, 2.75) is 38.5 Å². The Balaban J connectivity index is 1.67. The first kappa shape index (κ1) is 17.8. The maximum absolute atomic E-state index is 12.8. The van der Waals surface area contributed by atoms with Crippen molar-refractivity contribution in [1.29, 1.82) is 0 Å². The van der Waals surface area contributed by atoms with Crippen LogP contribution in [0.25, 0.3) is 0 Å². The molecule has 3 heterocycles. The molecule has 138 valence electrons. The summed E-state index contributed by atoms with van der Waals surface area (Å²) in [4.78, 5) is 40.9. The fraction of sp³-hybridized carbons (Fsp3) is 0.722. The molecule has 0 bridgehead atoms. The second kappa shape index (κ2) is 7.45. The molecule has 3 rings (SSSR count). The van der Waals surface area contributed by atoms with Gasteiger partial charge in [-0.05, 0) is 25.7 Å². The van der Waals surface area contributed by atoms with Gasteiger partial charge < -0.3 is 9.80 Å².